The van der Waals surface area contributed by atoms with Crippen molar-refractivity contribution in [3.63, 3.8) is 0 Å². The molecule has 0 aromatic heterocycles. The van der Waals surface area contributed by atoms with Gasteiger partial charge in [-0.05, 0) is 18.2 Å². The molecule has 0 N–H and O–H groups in total. The molecule has 0 spiro atoms. The molecule has 5 heteroatoms. The Morgan fingerprint density at radius 3 is 2.50 bits per heavy atom. The van der Waals surface area contributed by atoms with Crippen molar-refractivity contribution in [1.82, 2.24) is 0 Å². The van der Waals surface area contributed by atoms with Crippen LogP contribution in [0.25, 0.3) is 0 Å². The Bertz CT molecular complexity index is 260. The normalized spacial score (nSPS) is 10.4. The SMILES string of the molecule is FC(F)Oc1cc(Cl)cc(Br)c1. The van der Waals surface area contributed by atoms with Crippen LogP contribution < -0.4 is 4.74 Å². The van der Waals surface area contributed by atoms with Gasteiger partial charge >= 0.3 is 6.61 Å². The van der Waals surface area contributed by atoms with Crippen molar-refractivity contribution in [2.75, 3.05) is 0 Å². The van der Waals surface area contributed by atoms with Crippen molar-refractivity contribution in [3.05, 3.63) is 27.7 Å². The number of rotatable bonds is 2. The van der Waals surface area contributed by atoms with Crippen LogP contribution in [0.15, 0.2) is 22.7 Å². The average Bonchev–Trinajstić information content (AvgIpc) is 1.81. The number of alkyl halides is 2. The smallest absolute Gasteiger partial charge is 0.387 e. The summed E-state index contributed by atoms with van der Waals surface area (Å²) in [6, 6.07) is 4.32. The average molecular weight is 257 g/mol. The van der Waals surface area contributed by atoms with E-state index in [2.05, 4.69) is 20.7 Å². The highest BCUT2D eigenvalue weighted by Gasteiger charge is 2.05. The summed E-state index contributed by atoms with van der Waals surface area (Å²) in [6.07, 6.45) is 0. The first-order valence-corrected chi connectivity index (χ1v) is 4.16. The summed E-state index contributed by atoms with van der Waals surface area (Å²) in [5.74, 6) is 0.0457. The molecule has 12 heavy (non-hydrogen) atoms. The Hall–Kier alpha value is -0.350. The Balaban J connectivity index is 2.85. The van der Waals surface area contributed by atoms with Crippen LogP contribution in [-0.2, 0) is 0 Å². The van der Waals surface area contributed by atoms with Gasteiger partial charge in [0.1, 0.15) is 5.75 Å². The van der Waals surface area contributed by atoms with Crippen LogP contribution in [0.3, 0.4) is 0 Å². The minimum Gasteiger partial charge on any atom is -0.435 e. The number of hydrogen-bond acceptors (Lipinski definition) is 1. The van der Waals surface area contributed by atoms with Gasteiger partial charge in [0, 0.05) is 9.50 Å². The topological polar surface area (TPSA) is 9.23 Å². The summed E-state index contributed by atoms with van der Waals surface area (Å²) >= 11 is 8.67. The molecule has 0 aliphatic carbocycles. The molecule has 1 rings (SSSR count). The van der Waals surface area contributed by atoms with E-state index in [1.807, 2.05) is 0 Å². The molecule has 0 saturated heterocycles. The van der Waals surface area contributed by atoms with Crippen LogP contribution in [0.1, 0.15) is 0 Å². The van der Waals surface area contributed by atoms with Crippen LogP contribution in [-0.4, -0.2) is 6.61 Å². The predicted molar refractivity (Wildman–Crippen MR) is 45.8 cm³/mol. The van der Waals surface area contributed by atoms with Gasteiger partial charge in [-0.1, -0.05) is 27.5 Å². The first-order valence-electron chi connectivity index (χ1n) is 2.99. The third-order valence-corrected chi connectivity index (χ3v) is 1.74. The second-order valence-electron chi connectivity index (χ2n) is 1.98. The Morgan fingerprint density at radius 2 is 2.00 bits per heavy atom. The predicted octanol–water partition coefficient (Wildman–Crippen LogP) is 3.70. The van der Waals surface area contributed by atoms with Crippen LogP contribution in [0.5, 0.6) is 5.75 Å². The second-order valence-corrected chi connectivity index (χ2v) is 3.34. The van der Waals surface area contributed by atoms with Gasteiger partial charge in [0.25, 0.3) is 0 Å². The van der Waals surface area contributed by atoms with E-state index in [-0.39, 0.29) is 5.75 Å². The van der Waals surface area contributed by atoms with Gasteiger partial charge in [-0.15, -0.1) is 0 Å². The molecule has 0 unspecified atom stereocenters. The van der Waals surface area contributed by atoms with Gasteiger partial charge in [-0.25, -0.2) is 0 Å². The highest BCUT2D eigenvalue weighted by molar-refractivity contribution is 9.10. The molecule has 0 atom stereocenters. The molecule has 0 heterocycles. The maximum atomic E-state index is 11.7. The number of benzene rings is 1. The fraction of sp³-hybridized carbons (Fsp3) is 0.143. The van der Waals surface area contributed by atoms with Crippen molar-refractivity contribution in [1.29, 1.82) is 0 Å². The number of hydrogen-bond donors (Lipinski definition) is 0. The molecule has 0 aliphatic rings. The molecule has 1 aromatic rings. The van der Waals surface area contributed by atoms with Gasteiger partial charge in [0.05, 0.1) is 0 Å². The Morgan fingerprint density at radius 1 is 1.33 bits per heavy atom. The van der Waals surface area contributed by atoms with Gasteiger partial charge in [0.15, 0.2) is 0 Å². The Kier molecular flexibility index (Phi) is 3.29. The number of halogens is 4. The van der Waals surface area contributed by atoms with E-state index in [1.165, 1.54) is 12.1 Å². The molecular weight excluding hydrogens is 253 g/mol. The summed E-state index contributed by atoms with van der Waals surface area (Å²) in [6.45, 7) is -2.82. The lowest BCUT2D eigenvalue weighted by molar-refractivity contribution is -0.0498. The second kappa shape index (κ2) is 4.05. The summed E-state index contributed by atoms with van der Waals surface area (Å²) in [5.41, 5.74) is 0. The van der Waals surface area contributed by atoms with Crippen molar-refractivity contribution in [2.24, 2.45) is 0 Å². The Labute approximate surface area is 81.4 Å². The maximum absolute atomic E-state index is 11.7. The largest absolute Gasteiger partial charge is 0.435 e. The van der Waals surface area contributed by atoms with E-state index in [1.54, 1.807) is 6.07 Å². The van der Waals surface area contributed by atoms with E-state index < -0.39 is 6.61 Å². The molecule has 1 aromatic carbocycles. The zero-order valence-corrected chi connectivity index (χ0v) is 8.07. The van der Waals surface area contributed by atoms with Crippen molar-refractivity contribution in [2.45, 2.75) is 6.61 Å². The van der Waals surface area contributed by atoms with Gasteiger partial charge in [0.2, 0.25) is 0 Å². The molecule has 0 fully saturated rings. The fourth-order valence-electron chi connectivity index (χ4n) is 0.699. The van der Waals surface area contributed by atoms with Gasteiger partial charge < -0.3 is 4.74 Å². The van der Waals surface area contributed by atoms with Crippen molar-refractivity contribution < 1.29 is 13.5 Å². The van der Waals surface area contributed by atoms with Crippen LogP contribution >= 0.6 is 27.5 Å². The zero-order valence-electron chi connectivity index (χ0n) is 5.73. The third-order valence-electron chi connectivity index (χ3n) is 1.06. The van der Waals surface area contributed by atoms with E-state index in [0.717, 1.165) is 0 Å². The molecule has 1 nitrogen and oxygen atoms in total. The minimum absolute atomic E-state index is 0.0457. The molecule has 0 saturated carbocycles. The first kappa shape index (κ1) is 9.74. The van der Waals surface area contributed by atoms with E-state index in [0.29, 0.717) is 9.50 Å². The minimum atomic E-state index is -2.82. The zero-order chi connectivity index (χ0) is 9.14. The third kappa shape index (κ3) is 2.95. The van der Waals surface area contributed by atoms with E-state index >= 15 is 0 Å². The molecule has 0 bridgehead atoms. The van der Waals surface area contributed by atoms with Crippen LogP contribution in [0.2, 0.25) is 5.02 Å². The summed E-state index contributed by atoms with van der Waals surface area (Å²) in [4.78, 5) is 0. The molecule has 0 amide bonds. The van der Waals surface area contributed by atoms with Gasteiger partial charge in [-0.2, -0.15) is 8.78 Å². The summed E-state index contributed by atoms with van der Waals surface area (Å²) < 4.78 is 28.1. The van der Waals surface area contributed by atoms with Crippen molar-refractivity contribution >= 4 is 27.5 Å². The summed E-state index contributed by atoms with van der Waals surface area (Å²) in [5, 5.41) is 0.347. The van der Waals surface area contributed by atoms with Crippen molar-refractivity contribution in [3.8, 4) is 5.75 Å². The standard InChI is InChI=1S/C7H4BrClF2O/c8-4-1-5(9)3-6(2-4)12-7(10)11/h1-3,7H. The molecular formula is C7H4BrClF2O. The summed E-state index contributed by atoms with van der Waals surface area (Å²) in [7, 11) is 0. The molecule has 0 radical (unpaired) electrons. The lowest BCUT2D eigenvalue weighted by Crippen LogP contribution is -2.01. The monoisotopic (exact) mass is 256 g/mol. The lowest BCUT2D eigenvalue weighted by Gasteiger charge is -2.04. The maximum Gasteiger partial charge on any atom is 0.387 e. The quantitative estimate of drug-likeness (QED) is 0.785. The lowest BCUT2D eigenvalue weighted by atomic mass is 10.3. The van der Waals surface area contributed by atoms with Crippen LogP contribution in [0, 0.1) is 0 Å². The molecule has 0 aliphatic heterocycles. The van der Waals surface area contributed by atoms with E-state index in [9.17, 15) is 8.78 Å². The highest BCUT2D eigenvalue weighted by Crippen LogP contribution is 2.25. The highest BCUT2D eigenvalue weighted by atomic mass is 79.9. The van der Waals surface area contributed by atoms with Crippen LogP contribution in [0.4, 0.5) is 8.78 Å². The van der Waals surface area contributed by atoms with Gasteiger partial charge in [-0.3, -0.25) is 0 Å². The number of ether oxygens (including phenoxy) is 1. The van der Waals surface area contributed by atoms with E-state index in [4.69, 9.17) is 11.6 Å². The molecule has 66 valence electrons. The fourth-order valence-corrected chi connectivity index (χ4v) is 1.53. The first-order chi connectivity index (χ1) is 5.58.